The fraction of sp³-hybridized carbons (Fsp3) is 0.714. The summed E-state index contributed by atoms with van der Waals surface area (Å²) in [5, 5.41) is 0. The molecule has 0 saturated carbocycles. The number of piperidine rings is 1. The largest absolute Gasteiger partial charge is 0.299 e. The molecule has 1 saturated heterocycles. The molecule has 0 aromatic carbocycles. The van der Waals surface area contributed by atoms with Crippen LogP contribution in [0.25, 0.3) is 0 Å². The summed E-state index contributed by atoms with van der Waals surface area (Å²) < 4.78 is 0. The summed E-state index contributed by atoms with van der Waals surface area (Å²) in [6, 6.07) is 0.664. The van der Waals surface area contributed by atoms with Gasteiger partial charge in [0, 0.05) is 11.5 Å². The van der Waals surface area contributed by atoms with Gasteiger partial charge in [-0.25, -0.2) is 0 Å². The van der Waals surface area contributed by atoms with Gasteiger partial charge in [0.25, 0.3) is 0 Å². The molecule has 1 heterocycles. The molecule has 2 rings (SSSR count). The molecule has 2 bridgehead atoms. The lowest BCUT2D eigenvalue weighted by Gasteiger charge is -2.51. The van der Waals surface area contributed by atoms with Crippen molar-refractivity contribution < 1.29 is 0 Å². The molecule has 0 aromatic heterocycles. The highest BCUT2D eigenvalue weighted by molar-refractivity contribution is 5.40. The van der Waals surface area contributed by atoms with Crippen LogP contribution in [0.4, 0.5) is 0 Å². The molecule has 15 heavy (non-hydrogen) atoms. The van der Waals surface area contributed by atoms with E-state index < -0.39 is 0 Å². The molecule has 2 atom stereocenters. The Morgan fingerprint density at radius 3 is 2.67 bits per heavy atom. The van der Waals surface area contributed by atoms with Crippen LogP contribution in [0.1, 0.15) is 40.5 Å². The summed E-state index contributed by atoms with van der Waals surface area (Å²) in [6.45, 7) is 10.5. The minimum absolute atomic E-state index is 0.355. The highest BCUT2D eigenvalue weighted by Gasteiger charge is 2.43. The van der Waals surface area contributed by atoms with E-state index >= 15 is 0 Å². The maximum Gasteiger partial charge on any atom is 0.0350 e. The van der Waals surface area contributed by atoms with Crippen LogP contribution < -0.4 is 0 Å². The van der Waals surface area contributed by atoms with E-state index in [-0.39, 0.29) is 0 Å². The van der Waals surface area contributed by atoms with E-state index in [1.54, 1.807) is 16.7 Å². The molecule has 1 aliphatic carbocycles. The third-order valence-electron chi connectivity index (χ3n) is 4.77. The van der Waals surface area contributed by atoms with Crippen molar-refractivity contribution in [2.24, 2.45) is 5.41 Å². The van der Waals surface area contributed by atoms with Gasteiger partial charge in [0.2, 0.25) is 0 Å². The molecule has 84 valence electrons. The predicted octanol–water partition coefficient (Wildman–Crippen LogP) is 3.38. The van der Waals surface area contributed by atoms with Gasteiger partial charge in [-0.3, -0.25) is 4.90 Å². The minimum atomic E-state index is 0.355. The average Bonchev–Trinajstić information content (AvgIpc) is 2.21. The number of hydrogen-bond donors (Lipinski definition) is 0. The molecule has 2 aliphatic rings. The highest BCUT2D eigenvalue weighted by atomic mass is 15.1. The first-order chi connectivity index (χ1) is 7.00. The third-order valence-corrected chi connectivity index (χ3v) is 4.77. The normalized spacial score (nSPS) is 40.1. The van der Waals surface area contributed by atoms with Crippen molar-refractivity contribution in [2.75, 3.05) is 13.6 Å². The van der Waals surface area contributed by atoms with Gasteiger partial charge in [-0.15, -0.1) is 0 Å². The Balaban J connectivity index is 2.53. The van der Waals surface area contributed by atoms with E-state index in [0.717, 1.165) is 0 Å². The second-order valence-electron chi connectivity index (χ2n) is 5.43. The zero-order chi connectivity index (χ0) is 11.2. The number of nitrogens with zero attached hydrogens (tertiary/aromatic N) is 1. The molecule has 0 radical (unpaired) electrons. The smallest absolute Gasteiger partial charge is 0.0350 e. The Bertz CT molecular complexity index is 337. The Labute approximate surface area is 93.9 Å². The molecule has 0 aromatic rings. The topological polar surface area (TPSA) is 3.24 Å². The van der Waals surface area contributed by atoms with Crippen LogP contribution in [-0.4, -0.2) is 24.5 Å². The van der Waals surface area contributed by atoms with E-state index in [1.807, 2.05) is 0 Å². The molecule has 2 unspecified atom stereocenters. The van der Waals surface area contributed by atoms with E-state index in [0.29, 0.717) is 11.5 Å². The summed E-state index contributed by atoms with van der Waals surface area (Å²) in [5.41, 5.74) is 5.24. The Hall–Kier alpha value is -0.560. The lowest BCUT2D eigenvalue weighted by Crippen LogP contribution is -2.49. The number of fused-ring (bicyclic) bond motifs is 2. The number of rotatable bonds is 0. The lowest BCUT2D eigenvalue weighted by atomic mass is 9.62. The van der Waals surface area contributed by atoms with Crippen molar-refractivity contribution in [1.29, 1.82) is 0 Å². The SMILES string of the molecule is CC=C1C2CC(C)=C(C)C1(C)CCN2C. The van der Waals surface area contributed by atoms with Gasteiger partial charge in [0.1, 0.15) is 0 Å². The number of hydrogen-bond acceptors (Lipinski definition) is 1. The molecule has 1 heteroatoms. The summed E-state index contributed by atoms with van der Waals surface area (Å²) in [7, 11) is 2.27. The van der Waals surface area contributed by atoms with Gasteiger partial charge < -0.3 is 0 Å². The Morgan fingerprint density at radius 1 is 1.40 bits per heavy atom. The molecule has 0 amide bonds. The lowest BCUT2D eigenvalue weighted by molar-refractivity contribution is 0.156. The monoisotopic (exact) mass is 205 g/mol. The van der Waals surface area contributed by atoms with E-state index in [9.17, 15) is 0 Å². The van der Waals surface area contributed by atoms with Crippen LogP contribution >= 0.6 is 0 Å². The van der Waals surface area contributed by atoms with Crippen molar-refractivity contribution in [3.8, 4) is 0 Å². The van der Waals surface area contributed by atoms with E-state index in [2.05, 4.69) is 45.7 Å². The molecule has 0 N–H and O–H groups in total. The fourth-order valence-electron chi connectivity index (χ4n) is 3.40. The van der Waals surface area contributed by atoms with Gasteiger partial charge in [-0.2, -0.15) is 0 Å². The first-order valence-electron chi connectivity index (χ1n) is 6.04. The van der Waals surface area contributed by atoms with Gasteiger partial charge in [0.05, 0.1) is 0 Å². The Kier molecular flexibility index (Phi) is 2.54. The number of allylic oxidation sites excluding steroid dienone is 2. The van der Waals surface area contributed by atoms with Crippen LogP contribution in [0.2, 0.25) is 0 Å². The molecular weight excluding hydrogens is 182 g/mol. The third kappa shape index (κ3) is 1.40. The van der Waals surface area contributed by atoms with Gasteiger partial charge >= 0.3 is 0 Å². The first kappa shape index (κ1) is 10.9. The second-order valence-corrected chi connectivity index (χ2v) is 5.43. The molecule has 1 fully saturated rings. The van der Waals surface area contributed by atoms with E-state index in [4.69, 9.17) is 0 Å². The summed E-state index contributed by atoms with van der Waals surface area (Å²) >= 11 is 0. The standard InChI is InChI=1S/C14H23N/c1-6-12-13-9-10(2)11(3)14(12,4)7-8-15(13)5/h6,13H,7-9H2,1-5H3. The van der Waals surface area contributed by atoms with Crippen molar-refractivity contribution in [3.63, 3.8) is 0 Å². The summed E-state index contributed by atoms with van der Waals surface area (Å²) in [4.78, 5) is 2.52. The van der Waals surface area contributed by atoms with Crippen molar-refractivity contribution in [3.05, 3.63) is 22.8 Å². The highest BCUT2D eigenvalue weighted by Crippen LogP contribution is 2.50. The number of likely N-dealkylation sites (tertiary alicyclic amines) is 1. The number of likely N-dealkylation sites (N-methyl/N-ethyl adjacent to an activating group) is 1. The first-order valence-corrected chi connectivity index (χ1v) is 6.04. The van der Waals surface area contributed by atoms with Crippen LogP contribution in [0.15, 0.2) is 22.8 Å². The van der Waals surface area contributed by atoms with Crippen molar-refractivity contribution >= 4 is 0 Å². The molecular formula is C14H23N. The Morgan fingerprint density at radius 2 is 2.07 bits per heavy atom. The van der Waals surface area contributed by atoms with Gasteiger partial charge in [0.15, 0.2) is 0 Å². The van der Waals surface area contributed by atoms with Crippen LogP contribution in [0.5, 0.6) is 0 Å². The zero-order valence-corrected chi connectivity index (χ0v) is 10.7. The van der Waals surface area contributed by atoms with E-state index in [1.165, 1.54) is 19.4 Å². The predicted molar refractivity (Wildman–Crippen MR) is 65.9 cm³/mol. The molecule has 0 spiro atoms. The maximum atomic E-state index is 2.52. The average molecular weight is 205 g/mol. The van der Waals surface area contributed by atoms with Crippen molar-refractivity contribution in [2.45, 2.75) is 46.6 Å². The fourth-order valence-corrected chi connectivity index (χ4v) is 3.40. The van der Waals surface area contributed by atoms with Gasteiger partial charge in [-0.1, -0.05) is 24.1 Å². The van der Waals surface area contributed by atoms with Crippen LogP contribution in [0, 0.1) is 5.41 Å². The molecule has 1 aliphatic heterocycles. The van der Waals surface area contributed by atoms with Gasteiger partial charge in [-0.05, 0) is 52.8 Å². The van der Waals surface area contributed by atoms with Crippen LogP contribution in [-0.2, 0) is 0 Å². The quantitative estimate of drug-likeness (QED) is 0.548. The zero-order valence-electron chi connectivity index (χ0n) is 10.7. The second kappa shape index (κ2) is 3.48. The summed E-state index contributed by atoms with van der Waals surface area (Å²) in [6.07, 6.45) is 4.87. The van der Waals surface area contributed by atoms with Crippen LogP contribution in [0.3, 0.4) is 0 Å². The molecule has 1 nitrogen and oxygen atoms in total. The van der Waals surface area contributed by atoms with Crippen molar-refractivity contribution in [1.82, 2.24) is 4.90 Å². The summed E-state index contributed by atoms with van der Waals surface area (Å²) in [5.74, 6) is 0. The maximum absolute atomic E-state index is 2.52. The minimum Gasteiger partial charge on any atom is -0.299 e.